The summed E-state index contributed by atoms with van der Waals surface area (Å²) >= 11 is 6.36. The Morgan fingerprint density at radius 1 is 1.69 bits per heavy atom. The van der Waals surface area contributed by atoms with Crippen LogP contribution in [-0.2, 0) is 0 Å². The maximum absolute atomic E-state index is 5.14. The summed E-state index contributed by atoms with van der Waals surface area (Å²) in [6.07, 6.45) is 3.51. The van der Waals surface area contributed by atoms with Gasteiger partial charge in [0.1, 0.15) is 11.5 Å². The highest BCUT2D eigenvalue weighted by molar-refractivity contribution is 8.22. The van der Waals surface area contributed by atoms with Crippen LogP contribution in [0.25, 0.3) is 0 Å². The molecule has 0 saturated carbocycles. The maximum atomic E-state index is 5.14. The van der Waals surface area contributed by atoms with Gasteiger partial charge in [0.05, 0.1) is 6.26 Å². The summed E-state index contributed by atoms with van der Waals surface area (Å²) in [4.78, 5) is 0. The van der Waals surface area contributed by atoms with Crippen LogP contribution in [0.2, 0.25) is 0 Å². The third kappa shape index (κ3) is 3.20. The van der Waals surface area contributed by atoms with Crippen LogP contribution in [0.4, 0.5) is 0 Å². The monoisotopic (exact) mass is 214 g/mol. The van der Waals surface area contributed by atoms with E-state index >= 15 is 0 Å². The van der Waals surface area contributed by atoms with E-state index in [1.54, 1.807) is 6.26 Å². The van der Waals surface area contributed by atoms with Gasteiger partial charge >= 0.3 is 0 Å². The molecule has 13 heavy (non-hydrogen) atoms. The van der Waals surface area contributed by atoms with Crippen molar-refractivity contribution in [1.82, 2.24) is 5.43 Å². The molecule has 3 nitrogen and oxygen atoms in total. The van der Waals surface area contributed by atoms with Crippen LogP contribution in [0.3, 0.4) is 0 Å². The van der Waals surface area contributed by atoms with E-state index in [-0.39, 0.29) is 0 Å². The maximum Gasteiger partial charge on any atom is 0.153 e. The number of rotatable bonds is 2. The first kappa shape index (κ1) is 10.3. The standard InChI is InChI=1S/C8H10N2OS2/c1-6(7-4-3-5-11-7)9-10-8(12)13-2/h3-5H,1-2H3,(H,10,12). The molecule has 0 radical (unpaired) electrons. The SMILES string of the molecule is CSC(=S)NN=C(C)c1ccco1. The molecule has 5 heteroatoms. The van der Waals surface area contributed by atoms with Gasteiger partial charge in [0.15, 0.2) is 4.32 Å². The van der Waals surface area contributed by atoms with Gasteiger partial charge in [-0.25, -0.2) is 0 Å². The van der Waals surface area contributed by atoms with Crippen LogP contribution >= 0.6 is 24.0 Å². The van der Waals surface area contributed by atoms with Gasteiger partial charge in [0.2, 0.25) is 0 Å². The first-order valence-corrected chi connectivity index (χ1v) is 5.29. The van der Waals surface area contributed by atoms with Crippen LogP contribution in [0.15, 0.2) is 27.9 Å². The summed E-state index contributed by atoms with van der Waals surface area (Å²) in [5, 5.41) is 4.05. The smallest absolute Gasteiger partial charge is 0.153 e. The van der Waals surface area contributed by atoms with Crippen molar-refractivity contribution in [2.45, 2.75) is 6.92 Å². The summed E-state index contributed by atoms with van der Waals surface area (Å²) in [6, 6.07) is 3.67. The Hall–Kier alpha value is -0.810. The molecule has 0 aliphatic rings. The second kappa shape index (κ2) is 5.04. The Morgan fingerprint density at radius 3 is 3.00 bits per heavy atom. The van der Waals surface area contributed by atoms with Crippen molar-refractivity contribution in [1.29, 1.82) is 0 Å². The zero-order chi connectivity index (χ0) is 9.68. The van der Waals surface area contributed by atoms with E-state index in [9.17, 15) is 0 Å². The second-order valence-electron chi connectivity index (χ2n) is 2.28. The summed E-state index contributed by atoms with van der Waals surface area (Å²) in [7, 11) is 0. The zero-order valence-electron chi connectivity index (χ0n) is 7.40. The fourth-order valence-corrected chi connectivity index (χ4v) is 0.897. The molecule has 70 valence electrons. The van der Waals surface area contributed by atoms with Gasteiger partial charge in [-0.2, -0.15) is 5.10 Å². The number of thioether (sulfide) groups is 1. The van der Waals surface area contributed by atoms with Crippen molar-refractivity contribution in [3.8, 4) is 0 Å². The number of hydrazone groups is 1. The summed E-state index contributed by atoms with van der Waals surface area (Å²) in [5.74, 6) is 0.747. The van der Waals surface area contributed by atoms with Crippen LogP contribution in [-0.4, -0.2) is 16.3 Å². The topological polar surface area (TPSA) is 37.5 Å². The van der Waals surface area contributed by atoms with Gasteiger partial charge < -0.3 is 4.42 Å². The lowest BCUT2D eigenvalue weighted by molar-refractivity contribution is 0.556. The minimum Gasteiger partial charge on any atom is -0.463 e. The Kier molecular flexibility index (Phi) is 3.98. The summed E-state index contributed by atoms with van der Waals surface area (Å²) < 4.78 is 5.78. The molecule has 0 spiro atoms. The first-order chi connectivity index (χ1) is 6.24. The first-order valence-electron chi connectivity index (χ1n) is 3.66. The van der Waals surface area contributed by atoms with Crippen molar-refractivity contribution >= 4 is 34.0 Å². The molecular formula is C8H10N2OS2. The third-order valence-corrected chi connectivity index (χ3v) is 2.43. The van der Waals surface area contributed by atoms with E-state index in [0.717, 1.165) is 11.5 Å². The van der Waals surface area contributed by atoms with E-state index in [1.807, 2.05) is 25.3 Å². The normalized spacial score (nSPS) is 11.4. The van der Waals surface area contributed by atoms with Gasteiger partial charge in [-0.05, 0) is 25.3 Å². The van der Waals surface area contributed by atoms with Gasteiger partial charge in [-0.3, -0.25) is 5.43 Å². The lowest BCUT2D eigenvalue weighted by Gasteiger charge is -1.99. The molecule has 0 bridgehead atoms. The number of thiocarbonyl (C=S) groups is 1. The second-order valence-corrected chi connectivity index (χ2v) is 3.76. The Labute approximate surface area is 86.6 Å². The van der Waals surface area contributed by atoms with Crippen LogP contribution in [0.1, 0.15) is 12.7 Å². The van der Waals surface area contributed by atoms with Crippen LogP contribution in [0, 0.1) is 0 Å². The number of hydrogen-bond acceptors (Lipinski definition) is 4. The molecule has 0 aliphatic carbocycles. The van der Waals surface area contributed by atoms with Crippen molar-refractivity contribution in [2.24, 2.45) is 5.10 Å². The molecule has 1 N–H and O–H groups in total. The summed E-state index contributed by atoms with van der Waals surface area (Å²) in [5.41, 5.74) is 3.52. The quantitative estimate of drug-likeness (QED) is 0.465. The predicted molar refractivity (Wildman–Crippen MR) is 60.2 cm³/mol. The number of furan rings is 1. The number of nitrogens with one attached hydrogen (secondary N) is 1. The molecule has 1 heterocycles. The largest absolute Gasteiger partial charge is 0.463 e. The van der Waals surface area contributed by atoms with Crippen LogP contribution < -0.4 is 5.43 Å². The van der Waals surface area contributed by atoms with Crippen molar-refractivity contribution in [2.75, 3.05) is 6.26 Å². The lowest BCUT2D eigenvalue weighted by atomic mass is 10.3. The number of hydrogen-bond donors (Lipinski definition) is 1. The van der Waals surface area contributed by atoms with Gasteiger partial charge in [-0.15, -0.1) is 0 Å². The molecule has 0 fully saturated rings. The molecule has 0 aromatic carbocycles. The summed E-state index contributed by atoms with van der Waals surface area (Å²) in [6.45, 7) is 1.86. The van der Waals surface area contributed by atoms with Crippen molar-refractivity contribution < 1.29 is 4.42 Å². The molecule has 1 rings (SSSR count). The highest BCUT2D eigenvalue weighted by atomic mass is 32.2. The Bertz CT molecular complexity index is 306. The lowest BCUT2D eigenvalue weighted by Crippen LogP contribution is -2.12. The van der Waals surface area contributed by atoms with Gasteiger partial charge in [0, 0.05) is 0 Å². The van der Waals surface area contributed by atoms with E-state index in [0.29, 0.717) is 4.32 Å². The van der Waals surface area contributed by atoms with E-state index < -0.39 is 0 Å². The van der Waals surface area contributed by atoms with Gasteiger partial charge in [0.25, 0.3) is 0 Å². The molecule has 0 unspecified atom stereocenters. The van der Waals surface area contributed by atoms with E-state index in [1.165, 1.54) is 11.8 Å². The zero-order valence-corrected chi connectivity index (χ0v) is 9.04. The Balaban J connectivity index is 2.57. The Morgan fingerprint density at radius 2 is 2.46 bits per heavy atom. The minimum absolute atomic E-state index is 0.644. The fraction of sp³-hybridized carbons (Fsp3) is 0.250. The molecule has 1 aromatic rings. The molecule has 0 saturated heterocycles. The molecule has 0 aliphatic heterocycles. The predicted octanol–water partition coefficient (Wildman–Crippen LogP) is 2.24. The van der Waals surface area contributed by atoms with Gasteiger partial charge in [-0.1, -0.05) is 24.0 Å². The average Bonchev–Trinajstić information content (AvgIpc) is 2.66. The minimum atomic E-state index is 0.644. The molecule has 0 amide bonds. The third-order valence-electron chi connectivity index (χ3n) is 1.38. The highest BCUT2D eigenvalue weighted by Crippen LogP contribution is 2.01. The van der Waals surface area contributed by atoms with E-state index in [2.05, 4.69) is 10.5 Å². The van der Waals surface area contributed by atoms with Crippen molar-refractivity contribution in [3.63, 3.8) is 0 Å². The number of nitrogens with zero attached hydrogens (tertiary/aromatic N) is 1. The molecule has 1 aromatic heterocycles. The highest BCUT2D eigenvalue weighted by Gasteiger charge is 1.99. The average molecular weight is 214 g/mol. The molecule has 0 atom stereocenters. The van der Waals surface area contributed by atoms with Crippen molar-refractivity contribution in [3.05, 3.63) is 24.2 Å². The van der Waals surface area contributed by atoms with Crippen LogP contribution in [0.5, 0.6) is 0 Å². The fourth-order valence-electron chi connectivity index (χ4n) is 0.715. The van der Waals surface area contributed by atoms with E-state index in [4.69, 9.17) is 16.6 Å². The molecular weight excluding hydrogens is 204 g/mol.